The number of benzene rings is 2. The normalized spacial score (nSPS) is 27.8. The minimum Gasteiger partial charge on any atom is -0.357 e. The molecule has 0 spiro atoms. The summed E-state index contributed by atoms with van der Waals surface area (Å²) in [6.45, 7) is 6.45. The molecule has 2 atom stereocenters. The molecule has 0 bridgehead atoms. The van der Waals surface area contributed by atoms with Crippen molar-refractivity contribution in [1.82, 2.24) is 9.88 Å². The zero-order valence-electron chi connectivity index (χ0n) is 19.5. The Kier molecular flexibility index (Phi) is 5.64. The molecule has 1 aliphatic carbocycles. The molecule has 33 heavy (non-hydrogen) atoms. The molecule has 2 aromatic carbocycles. The molecule has 1 fully saturated rings. The first-order chi connectivity index (χ1) is 15.8. The van der Waals surface area contributed by atoms with Crippen molar-refractivity contribution in [2.45, 2.75) is 64.2 Å². The van der Waals surface area contributed by atoms with Crippen LogP contribution in [-0.2, 0) is 6.42 Å². The van der Waals surface area contributed by atoms with Crippen molar-refractivity contribution >= 4 is 17.0 Å². The summed E-state index contributed by atoms with van der Waals surface area (Å²) in [5.74, 6) is -0.892. The number of rotatable bonds is 5. The number of H-pyrrole nitrogens is 1. The summed E-state index contributed by atoms with van der Waals surface area (Å²) in [4.78, 5) is 5.67. The second-order valence-corrected chi connectivity index (χ2v) is 9.89. The van der Waals surface area contributed by atoms with Crippen LogP contribution >= 0.6 is 0 Å². The summed E-state index contributed by atoms with van der Waals surface area (Å²) >= 11 is 0. The first-order valence-corrected chi connectivity index (χ1v) is 12.0. The minimum absolute atomic E-state index is 0.0731. The Labute approximate surface area is 193 Å². The van der Waals surface area contributed by atoms with Crippen LogP contribution in [0.2, 0.25) is 0 Å². The predicted octanol–water partition coefficient (Wildman–Crippen LogP) is 7.34. The van der Waals surface area contributed by atoms with Gasteiger partial charge in [-0.05, 0) is 74.8 Å². The van der Waals surface area contributed by atoms with Crippen LogP contribution in [-0.4, -0.2) is 28.1 Å². The van der Waals surface area contributed by atoms with E-state index in [2.05, 4.69) is 22.9 Å². The summed E-state index contributed by atoms with van der Waals surface area (Å²) in [6, 6.07) is 10.3. The molecule has 5 heteroatoms. The van der Waals surface area contributed by atoms with E-state index in [0.29, 0.717) is 31.4 Å². The van der Waals surface area contributed by atoms with Gasteiger partial charge in [0.25, 0.3) is 0 Å². The smallest absolute Gasteiger partial charge is 0.131 e. The van der Waals surface area contributed by atoms with Crippen molar-refractivity contribution in [3.05, 3.63) is 76.5 Å². The van der Waals surface area contributed by atoms with E-state index in [1.54, 1.807) is 12.2 Å². The summed E-state index contributed by atoms with van der Waals surface area (Å²) in [6.07, 6.45) is 5.81. The lowest BCUT2D eigenvalue weighted by Gasteiger charge is -2.48. The van der Waals surface area contributed by atoms with E-state index in [0.717, 1.165) is 28.6 Å². The second kappa shape index (κ2) is 8.35. The third-order valence-electron chi connectivity index (χ3n) is 7.66. The number of allylic oxidation sites excluding steroid dienone is 1. The highest BCUT2D eigenvalue weighted by atomic mass is 19.1. The van der Waals surface area contributed by atoms with E-state index in [1.807, 2.05) is 32.0 Å². The minimum atomic E-state index is -1.09. The van der Waals surface area contributed by atoms with Crippen LogP contribution < -0.4 is 0 Å². The van der Waals surface area contributed by atoms with Gasteiger partial charge in [-0.15, -0.1) is 0 Å². The molecule has 2 heterocycles. The van der Waals surface area contributed by atoms with Crippen LogP contribution in [0.5, 0.6) is 0 Å². The Bertz CT molecular complexity index is 1180. The zero-order valence-corrected chi connectivity index (χ0v) is 19.5. The lowest BCUT2D eigenvalue weighted by molar-refractivity contribution is -0.0245. The van der Waals surface area contributed by atoms with Crippen LogP contribution in [0.4, 0.5) is 13.2 Å². The monoisotopic (exact) mass is 452 g/mol. The fourth-order valence-electron chi connectivity index (χ4n) is 5.95. The Morgan fingerprint density at radius 1 is 1.15 bits per heavy atom. The molecule has 174 valence electrons. The van der Waals surface area contributed by atoms with Crippen molar-refractivity contribution in [3.8, 4) is 0 Å². The lowest BCUT2D eigenvalue weighted by Crippen LogP contribution is -2.50. The molecule has 1 aliphatic heterocycles. The number of hydrogen-bond acceptors (Lipinski definition) is 1. The van der Waals surface area contributed by atoms with Crippen LogP contribution in [0.25, 0.3) is 17.0 Å². The molecule has 3 aromatic rings. The number of nitrogens with one attached hydrogen (secondary N) is 1. The molecule has 1 saturated carbocycles. The van der Waals surface area contributed by atoms with Gasteiger partial charge in [0.1, 0.15) is 17.3 Å². The van der Waals surface area contributed by atoms with Gasteiger partial charge in [-0.3, -0.25) is 4.90 Å². The molecular formula is C28H31F3N2. The van der Waals surface area contributed by atoms with Gasteiger partial charge >= 0.3 is 0 Å². The Hall–Kier alpha value is -2.53. The van der Waals surface area contributed by atoms with E-state index >= 15 is 8.78 Å². The largest absolute Gasteiger partial charge is 0.357 e. The molecule has 5 rings (SSSR count). The highest BCUT2D eigenvalue weighted by Crippen LogP contribution is 2.48. The van der Waals surface area contributed by atoms with Gasteiger partial charge in [-0.25, -0.2) is 13.2 Å². The summed E-state index contributed by atoms with van der Waals surface area (Å²) in [5, 5.41) is 1.10. The number of nitrogens with zero attached hydrogens (tertiary/aromatic N) is 1. The van der Waals surface area contributed by atoms with E-state index in [1.165, 1.54) is 12.1 Å². The van der Waals surface area contributed by atoms with Gasteiger partial charge in [0.2, 0.25) is 0 Å². The number of hydrogen-bond donors (Lipinski definition) is 1. The fraction of sp³-hybridized carbons (Fsp3) is 0.429. The Morgan fingerprint density at radius 2 is 1.85 bits per heavy atom. The molecule has 0 saturated heterocycles. The van der Waals surface area contributed by atoms with Crippen molar-refractivity contribution < 1.29 is 13.2 Å². The van der Waals surface area contributed by atoms with E-state index < -0.39 is 23.3 Å². The van der Waals surface area contributed by atoms with Crippen LogP contribution in [0, 0.1) is 17.6 Å². The molecule has 0 unspecified atom stereocenters. The van der Waals surface area contributed by atoms with Crippen molar-refractivity contribution in [1.29, 1.82) is 0 Å². The lowest BCUT2D eigenvalue weighted by atomic mass is 9.70. The van der Waals surface area contributed by atoms with E-state index in [9.17, 15) is 4.39 Å². The number of fused-ring (bicyclic) bond motifs is 3. The summed E-state index contributed by atoms with van der Waals surface area (Å²) in [7, 11) is 0. The number of para-hydroxylation sites is 1. The van der Waals surface area contributed by atoms with Gasteiger partial charge in [-0.1, -0.05) is 37.3 Å². The van der Waals surface area contributed by atoms with Crippen molar-refractivity contribution in [3.63, 3.8) is 0 Å². The van der Waals surface area contributed by atoms with Crippen molar-refractivity contribution in [2.24, 2.45) is 5.92 Å². The first kappa shape index (κ1) is 22.3. The predicted molar refractivity (Wildman–Crippen MR) is 128 cm³/mol. The highest BCUT2D eigenvalue weighted by molar-refractivity contribution is 5.85. The number of alkyl halides is 1. The summed E-state index contributed by atoms with van der Waals surface area (Å²) < 4.78 is 45.6. The maximum atomic E-state index is 15.5. The topological polar surface area (TPSA) is 19.0 Å². The van der Waals surface area contributed by atoms with Crippen LogP contribution in [0.15, 0.2) is 42.5 Å². The average molecular weight is 453 g/mol. The van der Waals surface area contributed by atoms with Gasteiger partial charge in [0.05, 0.1) is 6.04 Å². The number of aromatic nitrogens is 1. The highest BCUT2D eigenvalue weighted by Gasteiger charge is 2.46. The third-order valence-corrected chi connectivity index (χ3v) is 7.66. The quantitative estimate of drug-likeness (QED) is 0.429. The molecule has 0 radical (unpaired) electrons. The van der Waals surface area contributed by atoms with E-state index in [4.69, 9.17) is 0 Å². The summed E-state index contributed by atoms with van der Waals surface area (Å²) in [5.41, 5.74) is 2.45. The Morgan fingerprint density at radius 3 is 2.52 bits per heavy atom. The molecule has 2 nitrogen and oxygen atoms in total. The first-order valence-electron chi connectivity index (χ1n) is 12.0. The van der Waals surface area contributed by atoms with Gasteiger partial charge in [-0.2, -0.15) is 0 Å². The zero-order chi connectivity index (χ0) is 23.3. The maximum absolute atomic E-state index is 15.5. The standard InChI is InChI=1S/C28H31F3N2/c1-4-8-18-12-22(29)25(23(30)13-18)27-26-21(20-9-6-7-10-24(20)32-26)11-17(3)33(27)16-19-14-28(31,5-2)15-19/h4,6-10,12-13,17,19,27,32H,5,11,14-16H2,1-3H3/b8-4+/t17-,19?,27-,28?/m1/s1. The van der Waals surface area contributed by atoms with Crippen LogP contribution in [0.1, 0.15) is 68.5 Å². The van der Waals surface area contributed by atoms with E-state index in [-0.39, 0.29) is 17.5 Å². The number of aromatic amines is 1. The molecule has 2 aliphatic rings. The fourth-order valence-corrected chi connectivity index (χ4v) is 5.95. The van der Waals surface area contributed by atoms with Gasteiger partial charge < -0.3 is 4.98 Å². The van der Waals surface area contributed by atoms with Gasteiger partial charge in [0, 0.05) is 34.7 Å². The number of halogens is 3. The average Bonchev–Trinajstić information content (AvgIpc) is 3.12. The third kappa shape index (κ3) is 3.80. The Balaban J connectivity index is 1.62. The van der Waals surface area contributed by atoms with Crippen molar-refractivity contribution in [2.75, 3.05) is 6.54 Å². The molecule has 0 amide bonds. The van der Waals surface area contributed by atoms with Gasteiger partial charge in [0.15, 0.2) is 0 Å². The second-order valence-electron chi connectivity index (χ2n) is 9.89. The molecular weight excluding hydrogens is 421 g/mol. The molecule has 1 aromatic heterocycles. The SMILES string of the molecule is C/C=C/c1cc(F)c([C@@H]2c3[nH]c4ccccc4c3C[C@@H](C)N2CC2CC(F)(CC)C2)c(F)c1. The maximum Gasteiger partial charge on any atom is 0.131 e. The van der Waals surface area contributed by atoms with Crippen LogP contribution in [0.3, 0.4) is 0 Å². The molecule has 1 N–H and O–H groups in total.